The minimum absolute atomic E-state index is 0.0650. The summed E-state index contributed by atoms with van der Waals surface area (Å²) in [6, 6.07) is 13.8. The molecule has 0 spiro atoms. The van der Waals surface area contributed by atoms with Gasteiger partial charge in [-0.25, -0.2) is 0 Å². The van der Waals surface area contributed by atoms with E-state index in [9.17, 15) is 4.79 Å². The molecule has 1 saturated carbocycles. The first kappa shape index (κ1) is 13.5. The monoisotopic (exact) mass is 282 g/mol. The smallest absolute Gasteiger partial charge is 0.272 e. The molecule has 108 valence electrons. The summed E-state index contributed by atoms with van der Waals surface area (Å²) in [5.74, 6) is 0.516. The number of carbonyl (C=O) groups is 1. The van der Waals surface area contributed by atoms with Crippen molar-refractivity contribution in [1.82, 2.24) is 15.5 Å². The lowest BCUT2D eigenvalue weighted by Crippen LogP contribution is -2.27. The highest BCUT2D eigenvalue weighted by Gasteiger charge is 2.21. The number of hydrogen-bond donors (Lipinski definition) is 2. The quantitative estimate of drug-likeness (QED) is 0.884. The molecular formula is C16H18N4O. The summed E-state index contributed by atoms with van der Waals surface area (Å²) in [5.41, 5.74) is 1.39. The van der Waals surface area contributed by atoms with Gasteiger partial charge in [-0.2, -0.15) is 0 Å². The van der Waals surface area contributed by atoms with Crippen molar-refractivity contribution in [3.05, 3.63) is 53.7 Å². The standard InChI is InChI=1S/C16H18N4O/c1-11(12-5-3-2-4-6-12)17-16(21)14-9-10-15(20-19-14)18-13-7-8-13/h2-6,9-11,13H,7-8H2,1H3,(H,17,21)(H,18,20). The van der Waals surface area contributed by atoms with Crippen LogP contribution in [0.5, 0.6) is 0 Å². The molecule has 2 N–H and O–H groups in total. The van der Waals surface area contributed by atoms with Crippen LogP contribution in [0.4, 0.5) is 5.82 Å². The number of nitrogens with one attached hydrogen (secondary N) is 2. The lowest BCUT2D eigenvalue weighted by molar-refractivity contribution is 0.0934. The maximum atomic E-state index is 12.1. The molecule has 21 heavy (non-hydrogen) atoms. The fourth-order valence-electron chi connectivity index (χ4n) is 2.06. The van der Waals surface area contributed by atoms with Gasteiger partial charge in [0.2, 0.25) is 0 Å². The zero-order chi connectivity index (χ0) is 14.7. The molecule has 1 unspecified atom stereocenters. The minimum Gasteiger partial charge on any atom is -0.366 e. The summed E-state index contributed by atoms with van der Waals surface area (Å²) in [7, 11) is 0. The molecule has 1 aromatic carbocycles. The van der Waals surface area contributed by atoms with Crippen LogP contribution in [0.1, 0.15) is 41.9 Å². The fourth-order valence-corrected chi connectivity index (χ4v) is 2.06. The third kappa shape index (κ3) is 3.56. The van der Waals surface area contributed by atoms with Gasteiger partial charge in [0.25, 0.3) is 5.91 Å². The Bertz CT molecular complexity index is 608. The summed E-state index contributed by atoms with van der Waals surface area (Å²) in [6.45, 7) is 1.95. The number of amides is 1. The Morgan fingerprint density at radius 2 is 1.90 bits per heavy atom. The van der Waals surface area contributed by atoms with Crippen molar-refractivity contribution in [2.75, 3.05) is 5.32 Å². The molecule has 2 aromatic rings. The highest BCUT2D eigenvalue weighted by Crippen LogP contribution is 2.23. The van der Waals surface area contributed by atoms with E-state index in [0.29, 0.717) is 11.7 Å². The summed E-state index contributed by atoms with van der Waals surface area (Å²) >= 11 is 0. The lowest BCUT2D eigenvalue weighted by Gasteiger charge is -2.13. The van der Waals surface area contributed by atoms with Gasteiger partial charge in [0.15, 0.2) is 5.69 Å². The Kier molecular flexibility index (Phi) is 3.81. The highest BCUT2D eigenvalue weighted by molar-refractivity contribution is 5.92. The van der Waals surface area contributed by atoms with Crippen LogP contribution in [0.25, 0.3) is 0 Å². The first-order chi connectivity index (χ1) is 10.2. The fraction of sp³-hybridized carbons (Fsp3) is 0.312. The molecule has 1 aromatic heterocycles. The van der Waals surface area contributed by atoms with Crippen LogP contribution in [-0.4, -0.2) is 22.1 Å². The molecule has 3 rings (SSSR count). The van der Waals surface area contributed by atoms with Gasteiger partial charge in [0.1, 0.15) is 5.82 Å². The van der Waals surface area contributed by atoms with E-state index in [1.165, 1.54) is 12.8 Å². The Morgan fingerprint density at radius 1 is 1.14 bits per heavy atom. The number of anilines is 1. The van der Waals surface area contributed by atoms with E-state index in [-0.39, 0.29) is 11.9 Å². The van der Waals surface area contributed by atoms with Gasteiger partial charge in [-0.15, -0.1) is 10.2 Å². The Labute approximate surface area is 123 Å². The van der Waals surface area contributed by atoms with Crippen molar-refractivity contribution in [2.45, 2.75) is 31.8 Å². The minimum atomic E-state index is -0.211. The second kappa shape index (κ2) is 5.91. The predicted molar refractivity (Wildman–Crippen MR) is 81.0 cm³/mol. The van der Waals surface area contributed by atoms with Crippen LogP contribution in [0, 0.1) is 0 Å². The molecule has 0 aliphatic heterocycles. The molecule has 1 atom stereocenters. The van der Waals surface area contributed by atoms with E-state index < -0.39 is 0 Å². The Morgan fingerprint density at radius 3 is 2.52 bits per heavy atom. The molecule has 0 bridgehead atoms. The first-order valence-corrected chi connectivity index (χ1v) is 7.18. The average molecular weight is 282 g/mol. The molecule has 1 heterocycles. The van der Waals surface area contributed by atoms with Gasteiger partial charge in [-0.3, -0.25) is 4.79 Å². The molecule has 0 radical (unpaired) electrons. The van der Waals surface area contributed by atoms with E-state index in [2.05, 4.69) is 20.8 Å². The van der Waals surface area contributed by atoms with Gasteiger partial charge in [0, 0.05) is 6.04 Å². The van der Waals surface area contributed by atoms with Crippen molar-refractivity contribution in [3.63, 3.8) is 0 Å². The van der Waals surface area contributed by atoms with Gasteiger partial charge >= 0.3 is 0 Å². The zero-order valence-electron chi connectivity index (χ0n) is 11.9. The highest BCUT2D eigenvalue weighted by atomic mass is 16.2. The second-order valence-corrected chi connectivity index (χ2v) is 5.33. The summed E-state index contributed by atoms with van der Waals surface area (Å²) in [6.07, 6.45) is 2.36. The van der Waals surface area contributed by atoms with Crippen LogP contribution in [0.15, 0.2) is 42.5 Å². The normalized spacial score (nSPS) is 15.3. The van der Waals surface area contributed by atoms with E-state index >= 15 is 0 Å². The van der Waals surface area contributed by atoms with E-state index in [0.717, 1.165) is 11.4 Å². The van der Waals surface area contributed by atoms with E-state index in [1.54, 1.807) is 12.1 Å². The number of rotatable bonds is 5. The van der Waals surface area contributed by atoms with E-state index in [1.807, 2.05) is 37.3 Å². The topological polar surface area (TPSA) is 66.9 Å². The van der Waals surface area contributed by atoms with Crippen molar-refractivity contribution in [1.29, 1.82) is 0 Å². The third-order valence-electron chi connectivity index (χ3n) is 3.47. The van der Waals surface area contributed by atoms with Crippen molar-refractivity contribution in [2.24, 2.45) is 0 Å². The SMILES string of the molecule is CC(NC(=O)c1ccc(NC2CC2)nn1)c1ccccc1. The summed E-state index contributed by atoms with van der Waals surface area (Å²) in [5, 5.41) is 14.2. The molecule has 5 heteroatoms. The van der Waals surface area contributed by atoms with Crippen LogP contribution >= 0.6 is 0 Å². The second-order valence-electron chi connectivity index (χ2n) is 5.33. The van der Waals surface area contributed by atoms with Crippen LogP contribution in [-0.2, 0) is 0 Å². The molecule has 1 fully saturated rings. The van der Waals surface area contributed by atoms with E-state index in [4.69, 9.17) is 0 Å². The van der Waals surface area contributed by atoms with Crippen molar-refractivity contribution < 1.29 is 4.79 Å². The van der Waals surface area contributed by atoms with Crippen molar-refractivity contribution >= 4 is 11.7 Å². The lowest BCUT2D eigenvalue weighted by atomic mass is 10.1. The summed E-state index contributed by atoms with van der Waals surface area (Å²) < 4.78 is 0. The molecule has 5 nitrogen and oxygen atoms in total. The number of hydrogen-bond acceptors (Lipinski definition) is 4. The number of carbonyl (C=O) groups excluding carboxylic acids is 1. The molecular weight excluding hydrogens is 264 g/mol. The molecule has 1 aliphatic carbocycles. The predicted octanol–water partition coefficient (Wildman–Crippen LogP) is 2.54. The maximum absolute atomic E-state index is 12.1. The van der Waals surface area contributed by atoms with Gasteiger partial charge in [-0.1, -0.05) is 30.3 Å². The largest absolute Gasteiger partial charge is 0.366 e. The number of aromatic nitrogens is 2. The third-order valence-corrected chi connectivity index (χ3v) is 3.47. The van der Waals surface area contributed by atoms with Crippen LogP contribution in [0.2, 0.25) is 0 Å². The zero-order valence-corrected chi connectivity index (χ0v) is 11.9. The van der Waals surface area contributed by atoms with Crippen LogP contribution < -0.4 is 10.6 Å². The van der Waals surface area contributed by atoms with Gasteiger partial charge in [0.05, 0.1) is 6.04 Å². The van der Waals surface area contributed by atoms with Crippen molar-refractivity contribution in [3.8, 4) is 0 Å². The number of nitrogens with zero attached hydrogens (tertiary/aromatic N) is 2. The Balaban J connectivity index is 1.61. The summed E-state index contributed by atoms with van der Waals surface area (Å²) in [4.78, 5) is 12.1. The average Bonchev–Trinajstić information content (AvgIpc) is 3.33. The van der Waals surface area contributed by atoms with Gasteiger partial charge < -0.3 is 10.6 Å². The molecule has 0 saturated heterocycles. The molecule has 1 amide bonds. The van der Waals surface area contributed by atoms with Crippen LogP contribution in [0.3, 0.4) is 0 Å². The first-order valence-electron chi connectivity index (χ1n) is 7.18. The molecule has 1 aliphatic rings. The maximum Gasteiger partial charge on any atom is 0.272 e. The van der Waals surface area contributed by atoms with Gasteiger partial charge in [-0.05, 0) is 37.5 Å². The Hall–Kier alpha value is -2.43. The number of benzene rings is 1.